The molecule has 1 N–H and O–H groups in total. The van der Waals surface area contributed by atoms with Crippen LogP contribution in [0.1, 0.15) is 90.2 Å². The average molecular weight is 592 g/mol. The van der Waals surface area contributed by atoms with Gasteiger partial charge in [0, 0.05) is 44.1 Å². The third-order valence-corrected chi connectivity index (χ3v) is 9.45. The highest BCUT2D eigenvalue weighted by atomic mass is 16.6. The first-order valence-corrected chi connectivity index (χ1v) is 16.1. The third-order valence-electron chi connectivity index (χ3n) is 9.45. The summed E-state index contributed by atoms with van der Waals surface area (Å²) in [6.45, 7) is 10.0. The number of carbonyl (C=O) groups is 3. The van der Waals surface area contributed by atoms with Crippen LogP contribution in [0.3, 0.4) is 0 Å². The Morgan fingerprint density at radius 1 is 0.977 bits per heavy atom. The Morgan fingerprint density at radius 2 is 1.74 bits per heavy atom. The number of quaternary nitrogens is 1. The summed E-state index contributed by atoms with van der Waals surface area (Å²) < 4.78 is 12.8. The summed E-state index contributed by atoms with van der Waals surface area (Å²) >= 11 is 0. The number of nitrogens with one attached hydrogen (secondary N) is 1. The Bertz CT molecular complexity index is 1260. The van der Waals surface area contributed by atoms with E-state index in [0.717, 1.165) is 61.7 Å². The van der Waals surface area contributed by atoms with Gasteiger partial charge >= 0.3 is 11.9 Å². The topological polar surface area (TPSA) is 81.7 Å². The molecule has 7 nitrogen and oxygen atoms in total. The second-order valence-corrected chi connectivity index (χ2v) is 13.7. The van der Waals surface area contributed by atoms with Crippen molar-refractivity contribution in [1.29, 1.82) is 0 Å². The molecule has 2 fully saturated rings. The van der Waals surface area contributed by atoms with E-state index in [-0.39, 0.29) is 23.9 Å². The molecule has 1 aliphatic carbocycles. The maximum atomic E-state index is 13.1. The summed E-state index contributed by atoms with van der Waals surface area (Å²) in [7, 11) is 2.27. The number of likely N-dealkylation sites (tertiary alicyclic amines) is 1. The van der Waals surface area contributed by atoms with Gasteiger partial charge in [0.2, 0.25) is 5.91 Å². The maximum absolute atomic E-state index is 13.1. The van der Waals surface area contributed by atoms with Gasteiger partial charge in [-0.15, -0.1) is 0 Å². The predicted octanol–water partition coefficient (Wildman–Crippen LogP) is 6.13. The smallest absolute Gasteiger partial charge is 0.308 e. The lowest BCUT2D eigenvalue weighted by molar-refractivity contribution is -0.925. The van der Waals surface area contributed by atoms with Gasteiger partial charge in [-0.25, -0.2) is 0 Å². The van der Waals surface area contributed by atoms with Crippen LogP contribution in [0.25, 0.3) is 0 Å². The van der Waals surface area contributed by atoms with Crippen LogP contribution in [-0.2, 0) is 31.0 Å². The van der Waals surface area contributed by atoms with Gasteiger partial charge in [0.1, 0.15) is 12.3 Å². The summed E-state index contributed by atoms with van der Waals surface area (Å²) in [6, 6.07) is 18.2. The lowest BCUT2D eigenvalue weighted by Gasteiger charge is -2.61. The van der Waals surface area contributed by atoms with E-state index in [1.807, 2.05) is 18.2 Å². The van der Waals surface area contributed by atoms with E-state index in [0.29, 0.717) is 37.5 Å². The molecule has 1 aliphatic heterocycles. The molecule has 1 amide bonds. The standard InChI is InChI=1S/C36H50N2O5/c1-27(2)25-38(5)22-21-35(31-16-12-17-33(23-31)42-28(3)39)24-32(19-20-36(35,26-38)43-29(4)40)37-34(41)18-11-7-10-15-30-13-8-6-9-14-30/h6,8-9,12-14,16-17,23,27,32H,7,10-11,15,18-22,24-26H2,1-5H3/p+1/t32-,35+,36?,38-/m0/s1. The van der Waals surface area contributed by atoms with E-state index < -0.39 is 11.0 Å². The van der Waals surface area contributed by atoms with E-state index in [9.17, 15) is 14.4 Å². The molecule has 2 aliphatic rings. The maximum Gasteiger partial charge on any atom is 0.308 e. The first-order valence-electron chi connectivity index (χ1n) is 16.1. The van der Waals surface area contributed by atoms with Crippen LogP contribution >= 0.6 is 0 Å². The van der Waals surface area contributed by atoms with Gasteiger partial charge in [-0.3, -0.25) is 14.4 Å². The number of piperidine rings is 1. The number of fused-ring (bicyclic) bond motifs is 1. The molecule has 234 valence electrons. The number of hydrogen-bond donors (Lipinski definition) is 1. The quantitative estimate of drug-likeness (QED) is 0.139. The highest BCUT2D eigenvalue weighted by Crippen LogP contribution is 2.55. The Balaban J connectivity index is 1.54. The highest BCUT2D eigenvalue weighted by molar-refractivity contribution is 5.76. The molecule has 4 atom stereocenters. The van der Waals surface area contributed by atoms with Crippen molar-refractivity contribution >= 4 is 17.8 Å². The molecular formula is C36H51N2O5+. The number of hydrogen-bond acceptors (Lipinski definition) is 5. The first-order chi connectivity index (χ1) is 20.4. The number of unbranched alkanes of at least 4 members (excludes halogenated alkanes) is 2. The molecule has 0 aromatic heterocycles. The monoisotopic (exact) mass is 591 g/mol. The lowest BCUT2D eigenvalue weighted by atomic mass is 9.54. The molecule has 1 saturated heterocycles. The highest BCUT2D eigenvalue weighted by Gasteiger charge is 2.64. The minimum atomic E-state index is -0.728. The van der Waals surface area contributed by atoms with Gasteiger partial charge in [0.25, 0.3) is 0 Å². The van der Waals surface area contributed by atoms with E-state index >= 15 is 0 Å². The normalized spacial score (nSPS) is 26.8. The van der Waals surface area contributed by atoms with Crippen LogP contribution in [0, 0.1) is 5.92 Å². The Hall–Kier alpha value is -3.19. The van der Waals surface area contributed by atoms with E-state index in [4.69, 9.17) is 9.47 Å². The number of rotatable bonds is 12. The van der Waals surface area contributed by atoms with Gasteiger partial charge in [-0.2, -0.15) is 0 Å². The minimum Gasteiger partial charge on any atom is -0.452 e. The number of aryl methyl sites for hydroxylation is 1. The van der Waals surface area contributed by atoms with Crippen molar-refractivity contribution in [1.82, 2.24) is 5.32 Å². The van der Waals surface area contributed by atoms with Crippen molar-refractivity contribution < 1.29 is 28.3 Å². The van der Waals surface area contributed by atoms with Crippen LogP contribution < -0.4 is 10.1 Å². The van der Waals surface area contributed by atoms with Crippen molar-refractivity contribution in [3.8, 4) is 5.75 Å². The van der Waals surface area contributed by atoms with Crippen LogP contribution in [0.2, 0.25) is 0 Å². The largest absolute Gasteiger partial charge is 0.452 e. The third kappa shape index (κ3) is 8.26. The number of likely N-dealkylation sites (N-methyl/N-ethyl adjacent to an activating group) is 1. The zero-order valence-corrected chi connectivity index (χ0v) is 26.8. The number of carbonyl (C=O) groups excluding carboxylic acids is 3. The molecule has 2 aromatic rings. The molecule has 0 radical (unpaired) electrons. The summed E-state index contributed by atoms with van der Waals surface area (Å²) in [5, 5.41) is 3.36. The Labute approximate surface area is 257 Å². The zero-order valence-electron chi connectivity index (χ0n) is 26.8. The number of ether oxygens (including phenoxy) is 2. The molecule has 2 aromatic carbocycles. The summed E-state index contributed by atoms with van der Waals surface area (Å²) in [4.78, 5) is 37.7. The Morgan fingerprint density at radius 3 is 2.44 bits per heavy atom. The van der Waals surface area contributed by atoms with Gasteiger partial charge < -0.3 is 19.3 Å². The van der Waals surface area contributed by atoms with Crippen molar-refractivity contribution in [2.45, 2.75) is 103 Å². The second kappa shape index (κ2) is 14.1. The number of nitrogens with zero attached hydrogens (tertiary/aromatic N) is 1. The summed E-state index contributed by atoms with van der Waals surface area (Å²) in [5.41, 5.74) is 1.09. The fourth-order valence-corrected chi connectivity index (χ4v) is 7.97. The fourth-order valence-electron chi connectivity index (χ4n) is 7.97. The van der Waals surface area contributed by atoms with E-state index in [1.165, 1.54) is 19.4 Å². The molecule has 1 heterocycles. The molecular weight excluding hydrogens is 540 g/mol. The SMILES string of the molecule is CC(=O)Oc1cccc([C@]23CC[N@@+](C)(CC(C)C)CC2(OC(C)=O)CC[C@H](NC(=O)CCCCCc2ccccc2)C3)c1. The molecule has 0 bridgehead atoms. The average Bonchev–Trinajstić information content (AvgIpc) is 2.92. The van der Waals surface area contributed by atoms with Gasteiger partial charge in [-0.1, -0.05) is 62.7 Å². The van der Waals surface area contributed by atoms with Crippen molar-refractivity contribution in [3.63, 3.8) is 0 Å². The second-order valence-electron chi connectivity index (χ2n) is 13.7. The molecule has 0 spiro atoms. The van der Waals surface area contributed by atoms with Gasteiger partial charge in [0.15, 0.2) is 5.60 Å². The zero-order chi connectivity index (χ0) is 31.1. The van der Waals surface area contributed by atoms with Crippen LogP contribution in [0.15, 0.2) is 54.6 Å². The van der Waals surface area contributed by atoms with Crippen molar-refractivity contribution in [2.24, 2.45) is 5.92 Å². The van der Waals surface area contributed by atoms with Gasteiger partial charge in [0.05, 0.1) is 20.1 Å². The molecule has 43 heavy (non-hydrogen) atoms. The molecule has 4 rings (SSSR count). The summed E-state index contributed by atoms with van der Waals surface area (Å²) in [6.07, 6.45) is 7.39. The number of esters is 2. The van der Waals surface area contributed by atoms with E-state index in [2.05, 4.69) is 56.5 Å². The van der Waals surface area contributed by atoms with Crippen molar-refractivity contribution in [2.75, 3.05) is 26.7 Å². The molecule has 1 saturated carbocycles. The first kappa shape index (κ1) is 32.7. The molecule has 1 unspecified atom stereocenters. The van der Waals surface area contributed by atoms with Crippen LogP contribution in [0.5, 0.6) is 5.75 Å². The number of benzene rings is 2. The van der Waals surface area contributed by atoms with Gasteiger partial charge in [-0.05, 0) is 61.8 Å². The summed E-state index contributed by atoms with van der Waals surface area (Å²) in [5.74, 6) is 0.426. The number of amides is 1. The molecule has 7 heteroatoms. The van der Waals surface area contributed by atoms with Crippen LogP contribution in [-0.4, -0.2) is 60.7 Å². The van der Waals surface area contributed by atoms with E-state index in [1.54, 1.807) is 6.07 Å². The Kier molecular flexibility index (Phi) is 10.7. The van der Waals surface area contributed by atoms with Crippen LogP contribution in [0.4, 0.5) is 0 Å². The van der Waals surface area contributed by atoms with Crippen molar-refractivity contribution in [3.05, 3.63) is 65.7 Å². The lowest BCUT2D eigenvalue weighted by Crippen LogP contribution is -2.73. The predicted molar refractivity (Wildman–Crippen MR) is 169 cm³/mol. The minimum absolute atomic E-state index is 0.0279. The fraction of sp³-hybridized carbons (Fsp3) is 0.583.